The minimum atomic E-state index is 0.216. The van der Waals surface area contributed by atoms with E-state index in [1.165, 1.54) is 5.56 Å². The molecule has 1 unspecified atom stereocenters. The molecular formula is C16H20N2O. The Balaban J connectivity index is 1.91. The van der Waals surface area contributed by atoms with Crippen LogP contribution < -0.4 is 0 Å². The van der Waals surface area contributed by atoms with Gasteiger partial charge in [0.15, 0.2) is 0 Å². The highest BCUT2D eigenvalue weighted by Crippen LogP contribution is 2.27. The largest absolute Gasteiger partial charge is 0.331 e. The van der Waals surface area contributed by atoms with Gasteiger partial charge < -0.3 is 4.90 Å². The number of carbonyl (C=O) groups excluding carboxylic acids is 1. The number of amides is 1. The van der Waals surface area contributed by atoms with E-state index in [-0.39, 0.29) is 5.91 Å². The summed E-state index contributed by atoms with van der Waals surface area (Å²) in [6.07, 6.45) is 0.610. The van der Waals surface area contributed by atoms with Crippen LogP contribution in [-0.2, 0) is 4.79 Å². The lowest BCUT2D eigenvalue weighted by Gasteiger charge is -2.13. The highest BCUT2D eigenvalue weighted by molar-refractivity contribution is 5.80. The first kappa shape index (κ1) is 13.6. The predicted molar refractivity (Wildman–Crippen MR) is 76.7 cm³/mol. The molecule has 100 valence electrons. The maximum atomic E-state index is 11.9. The fraction of sp³-hybridized carbons (Fsp3) is 0.438. The summed E-state index contributed by atoms with van der Waals surface area (Å²) in [5.41, 5.74) is 1.25. The summed E-state index contributed by atoms with van der Waals surface area (Å²) in [7, 11) is 3.97. The number of carbonyl (C=O) groups is 1. The van der Waals surface area contributed by atoms with Crippen LogP contribution in [0.2, 0.25) is 0 Å². The van der Waals surface area contributed by atoms with Gasteiger partial charge in [-0.2, -0.15) is 0 Å². The first-order valence-corrected chi connectivity index (χ1v) is 6.60. The van der Waals surface area contributed by atoms with Gasteiger partial charge >= 0.3 is 0 Å². The Morgan fingerprint density at radius 1 is 1.26 bits per heavy atom. The minimum Gasteiger partial charge on any atom is -0.331 e. The Bertz CT molecular complexity index is 484. The van der Waals surface area contributed by atoms with Crippen molar-refractivity contribution in [2.75, 3.05) is 33.7 Å². The van der Waals surface area contributed by atoms with E-state index in [9.17, 15) is 4.79 Å². The molecule has 1 aromatic carbocycles. The Labute approximate surface area is 115 Å². The molecule has 3 heteroatoms. The summed E-state index contributed by atoms with van der Waals surface area (Å²) in [6.45, 7) is 2.08. The van der Waals surface area contributed by atoms with Crippen LogP contribution in [0.4, 0.5) is 0 Å². The molecule has 0 aromatic heterocycles. The molecule has 1 amide bonds. The van der Waals surface area contributed by atoms with Gasteiger partial charge in [-0.25, -0.2) is 0 Å². The molecule has 1 atom stereocenters. The van der Waals surface area contributed by atoms with Crippen molar-refractivity contribution in [3.8, 4) is 11.8 Å². The molecule has 1 aliphatic rings. The second kappa shape index (κ2) is 6.40. The molecule has 0 spiro atoms. The quantitative estimate of drug-likeness (QED) is 0.766. The van der Waals surface area contributed by atoms with Crippen LogP contribution in [0.3, 0.4) is 0 Å². The Hall–Kier alpha value is -1.79. The molecule has 0 saturated carbocycles. The van der Waals surface area contributed by atoms with Crippen molar-refractivity contribution in [2.24, 2.45) is 0 Å². The highest BCUT2D eigenvalue weighted by atomic mass is 16.2. The van der Waals surface area contributed by atoms with Crippen LogP contribution in [0.5, 0.6) is 0 Å². The number of likely N-dealkylation sites (tertiary alicyclic amines) is 1. The van der Waals surface area contributed by atoms with E-state index in [1.54, 1.807) is 0 Å². The van der Waals surface area contributed by atoms with Gasteiger partial charge in [-0.3, -0.25) is 9.69 Å². The van der Waals surface area contributed by atoms with Crippen molar-refractivity contribution in [3.05, 3.63) is 35.9 Å². The molecule has 0 radical (unpaired) electrons. The molecule has 1 aliphatic heterocycles. The summed E-state index contributed by atoms with van der Waals surface area (Å²) in [4.78, 5) is 15.8. The standard InChI is InChI=1S/C16H20N2O/c1-17(2)10-6-7-11-18-13-15(12-16(18)19)14-8-4-3-5-9-14/h3-5,8-9,15H,10-13H2,1-2H3. The van der Waals surface area contributed by atoms with Crippen LogP contribution in [0.1, 0.15) is 17.9 Å². The van der Waals surface area contributed by atoms with Gasteiger partial charge in [0.25, 0.3) is 0 Å². The maximum Gasteiger partial charge on any atom is 0.224 e. The Morgan fingerprint density at radius 2 is 2.00 bits per heavy atom. The molecular weight excluding hydrogens is 236 g/mol. The zero-order valence-corrected chi connectivity index (χ0v) is 11.6. The van der Waals surface area contributed by atoms with Gasteiger partial charge in [0, 0.05) is 18.9 Å². The first-order chi connectivity index (χ1) is 9.16. The lowest BCUT2D eigenvalue weighted by molar-refractivity contribution is -0.127. The SMILES string of the molecule is CN(C)CC#CCN1CC(c2ccccc2)CC1=O. The number of hydrogen-bond donors (Lipinski definition) is 0. The third kappa shape index (κ3) is 3.84. The number of benzene rings is 1. The number of rotatable bonds is 3. The monoisotopic (exact) mass is 256 g/mol. The van der Waals surface area contributed by atoms with E-state index in [0.29, 0.717) is 18.9 Å². The van der Waals surface area contributed by atoms with Crippen LogP contribution >= 0.6 is 0 Å². The molecule has 0 aliphatic carbocycles. The van der Waals surface area contributed by atoms with Crippen molar-refractivity contribution < 1.29 is 4.79 Å². The van der Waals surface area contributed by atoms with Gasteiger partial charge in [-0.05, 0) is 19.7 Å². The van der Waals surface area contributed by atoms with Crippen molar-refractivity contribution in [2.45, 2.75) is 12.3 Å². The zero-order valence-electron chi connectivity index (χ0n) is 11.6. The highest BCUT2D eigenvalue weighted by Gasteiger charge is 2.29. The molecule has 1 fully saturated rings. The van der Waals surface area contributed by atoms with Crippen molar-refractivity contribution in [1.82, 2.24) is 9.80 Å². The maximum absolute atomic E-state index is 11.9. The average molecular weight is 256 g/mol. The predicted octanol–water partition coefficient (Wildman–Crippen LogP) is 1.57. The van der Waals surface area contributed by atoms with Crippen molar-refractivity contribution >= 4 is 5.91 Å². The van der Waals surface area contributed by atoms with E-state index in [4.69, 9.17) is 0 Å². The molecule has 1 saturated heterocycles. The van der Waals surface area contributed by atoms with E-state index in [0.717, 1.165) is 13.1 Å². The third-order valence-electron chi connectivity index (χ3n) is 3.28. The van der Waals surface area contributed by atoms with E-state index >= 15 is 0 Å². The van der Waals surface area contributed by atoms with E-state index in [1.807, 2.05) is 42.1 Å². The van der Waals surface area contributed by atoms with Crippen LogP contribution in [0, 0.1) is 11.8 Å². The van der Waals surface area contributed by atoms with Crippen molar-refractivity contribution in [1.29, 1.82) is 0 Å². The smallest absolute Gasteiger partial charge is 0.224 e. The second-order valence-corrected chi connectivity index (χ2v) is 5.18. The van der Waals surface area contributed by atoms with Gasteiger partial charge in [0.05, 0.1) is 13.1 Å². The summed E-state index contributed by atoms with van der Waals surface area (Å²) in [5, 5.41) is 0. The normalized spacial score (nSPS) is 18.6. The van der Waals surface area contributed by atoms with Crippen LogP contribution in [0.25, 0.3) is 0 Å². The Morgan fingerprint density at radius 3 is 2.68 bits per heavy atom. The van der Waals surface area contributed by atoms with E-state index in [2.05, 4.69) is 24.0 Å². The fourth-order valence-electron chi connectivity index (χ4n) is 2.24. The summed E-state index contributed by atoms with van der Waals surface area (Å²) in [5.74, 6) is 6.68. The molecule has 1 heterocycles. The molecule has 2 rings (SSSR count). The molecule has 3 nitrogen and oxygen atoms in total. The van der Waals surface area contributed by atoms with Gasteiger partial charge in [0.2, 0.25) is 5.91 Å². The zero-order chi connectivity index (χ0) is 13.7. The Kier molecular flexibility index (Phi) is 4.59. The summed E-state index contributed by atoms with van der Waals surface area (Å²) >= 11 is 0. The lowest BCUT2D eigenvalue weighted by atomic mass is 9.99. The minimum absolute atomic E-state index is 0.216. The summed E-state index contributed by atoms with van der Waals surface area (Å²) < 4.78 is 0. The summed E-state index contributed by atoms with van der Waals surface area (Å²) in [6, 6.07) is 10.3. The van der Waals surface area contributed by atoms with E-state index < -0.39 is 0 Å². The van der Waals surface area contributed by atoms with Crippen molar-refractivity contribution in [3.63, 3.8) is 0 Å². The fourth-order valence-corrected chi connectivity index (χ4v) is 2.24. The first-order valence-electron chi connectivity index (χ1n) is 6.60. The van der Waals surface area contributed by atoms with Gasteiger partial charge in [-0.15, -0.1) is 0 Å². The average Bonchev–Trinajstić information content (AvgIpc) is 2.77. The number of hydrogen-bond acceptors (Lipinski definition) is 2. The van der Waals surface area contributed by atoms with Gasteiger partial charge in [0.1, 0.15) is 0 Å². The second-order valence-electron chi connectivity index (χ2n) is 5.18. The molecule has 0 bridgehead atoms. The lowest BCUT2D eigenvalue weighted by Crippen LogP contribution is -2.25. The van der Waals surface area contributed by atoms with Gasteiger partial charge in [-0.1, -0.05) is 42.2 Å². The number of nitrogens with zero attached hydrogens (tertiary/aromatic N) is 2. The topological polar surface area (TPSA) is 23.6 Å². The molecule has 19 heavy (non-hydrogen) atoms. The molecule has 0 N–H and O–H groups in total. The third-order valence-corrected chi connectivity index (χ3v) is 3.28. The molecule has 1 aromatic rings. The van der Waals surface area contributed by atoms with Crippen LogP contribution in [-0.4, -0.2) is 49.4 Å². The van der Waals surface area contributed by atoms with Crippen LogP contribution in [0.15, 0.2) is 30.3 Å².